The van der Waals surface area contributed by atoms with Crippen LogP contribution in [-0.4, -0.2) is 23.9 Å². The average molecular weight is 298 g/mol. The number of amides is 1. The first-order valence-corrected chi connectivity index (χ1v) is 7.85. The highest BCUT2D eigenvalue weighted by molar-refractivity contribution is 5.92. The molecule has 0 atom stereocenters. The van der Waals surface area contributed by atoms with Crippen molar-refractivity contribution in [3.05, 3.63) is 59.0 Å². The summed E-state index contributed by atoms with van der Waals surface area (Å²) in [6, 6.07) is 10.3. The highest BCUT2D eigenvalue weighted by atomic mass is 16.3. The fourth-order valence-corrected chi connectivity index (χ4v) is 2.83. The third-order valence-corrected chi connectivity index (χ3v) is 4.15. The van der Waals surface area contributed by atoms with Crippen LogP contribution in [0.15, 0.2) is 41.0 Å². The summed E-state index contributed by atoms with van der Waals surface area (Å²) < 4.78 is 5.19. The van der Waals surface area contributed by atoms with Gasteiger partial charge in [-0.2, -0.15) is 0 Å². The molecule has 1 aliphatic heterocycles. The minimum Gasteiger partial charge on any atom is -0.459 e. The van der Waals surface area contributed by atoms with Crippen LogP contribution in [0.2, 0.25) is 0 Å². The van der Waals surface area contributed by atoms with Gasteiger partial charge in [-0.3, -0.25) is 9.69 Å². The Morgan fingerprint density at radius 1 is 1.14 bits per heavy atom. The van der Waals surface area contributed by atoms with Crippen LogP contribution >= 0.6 is 0 Å². The van der Waals surface area contributed by atoms with Gasteiger partial charge in [-0.1, -0.05) is 24.3 Å². The summed E-state index contributed by atoms with van der Waals surface area (Å²) in [4.78, 5) is 14.5. The molecule has 0 bridgehead atoms. The van der Waals surface area contributed by atoms with Crippen LogP contribution in [0.25, 0.3) is 0 Å². The summed E-state index contributed by atoms with van der Waals surface area (Å²) in [5.41, 5.74) is 3.29. The predicted molar refractivity (Wildman–Crippen MR) is 85.6 cm³/mol. The van der Waals surface area contributed by atoms with Crippen LogP contribution in [0.3, 0.4) is 0 Å². The first kappa shape index (κ1) is 14.9. The first-order chi connectivity index (χ1) is 10.7. The largest absolute Gasteiger partial charge is 0.459 e. The van der Waals surface area contributed by atoms with Gasteiger partial charge in [-0.25, -0.2) is 0 Å². The number of rotatable bonds is 5. The molecule has 1 N–H and O–H groups in total. The Morgan fingerprint density at radius 3 is 2.45 bits per heavy atom. The topological polar surface area (TPSA) is 45.5 Å². The van der Waals surface area contributed by atoms with E-state index < -0.39 is 0 Å². The minimum absolute atomic E-state index is 0.163. The van der Waals surface area contributed by atoms with Crippen LogP contribution in [0, 0.1) is 6.92 Å². The maximum Gasteiger partial charge on any atom is 0.287 e. The van der Waals surface area contributed by atoms with E-state index in [1.54, 1.807) is 6.07 Å². The summed E-state index contributed by atoms with van der Waals surface area (Å²) in [5, 5.41) is 2.89. The van der Waals surface area contributed by atoms with Gasteiger partial charge in [-0.05, 0) is 50.0 Å². The second-order valence-electron chi connectivity index (χ2n) is 5.92. The van der Waals surface area contributed by atoms with E-state index in [9.17, 15) is 4.79 Å². The Labute approximate surface area is 131 Å². The van der Waals surface area contributed by atoms with Crippen molar-refractivity contribution in [1.82, 2.24) is 10.2 Å². The fourth-order valence-electron chi connectivity index (χ4n) is 2.83. The molecule has 1 amide bonds. The number of hydrogen-bond acceptors (Lipinski definition) is 3. The van der Waals surface area contributed by atoms with Crippen LogP contribution in [0.4, 0.5) is 0 Å². The lowest BCUT2D eigenvalue weighted by Gasteiger charge is -2.14. The maximum absolute atomic E-state index is 12.0. The number of aryl methyl sites for hydroxylation is 1. The zero-order valence-electron chi connectivity index (χ0n) is 13.0. The molecular weight excluding hydrogens is 276 g/mol. The van der Waals surface area contributed by atoms with Gasteiger partial charge in [0, 0.05) is 18.7 Å². The Hall–Kier alpha value is -2.07. The van der Waals surface area contributed by atoms with E-state index in [2.05, 4.69) is 34.5 Å². The van der Waals surface area contributed by atoms with Gasteiger partial charge in [-0.15, -0.1) is 0 Å². The van der Waals surface area contributed by atoms with Gasteiger partial charge >= 0.3 is 0 Å². The van der Waals surface area contributed by atoms with Crippen LogP contribution in [0.1, 0.15) is 40.1 Å². The SMILES string of the molecule is Cc1ccoc1C(=O)NCc1ccc(CN2CCCC2)cc1. The van der Waals surface area contributed by atoms with Crippen molar-refractivity contribution in [2.24, 2.45) is 0 Å². The van der Waals surface area contributed by atoms with Crippen molar-refractivity contribution in [3.8, 4) is 0 Å². The van der Waals surface area contributed by atoms with Crippen molar-refractivity contribution < 1.29 is 9.21 Å². The van der Waals surface area contributed by atoms with Gasteiger partial charge in [0.15, 0.2) is 5.76 Å². The third-order valence-electron chi connectivity index (χ3n) is 4.15. The lowest BCUT2D eigenvalue weighted by atomic mass is 10.1. The monoisotopic (exact) mass is 298 g/mol. The Balaban J connectivity index is 1.52. The first-order valence-electron chi connectivity index (χ1n) is 7.85. The lowest BCUT2D eigenvalue weighted by Crippen LogP contribution is -2.23. The van der Waals surface area contributed by atoms with E-state index in [0.717, 1.165) is 17.7 Å². The third kappa shape index (κ3) is 3.57. The highest BCUT2D eigenvalue weighted by Gasteiger charge is 2.13. The van der Waals surface area contributed by atoms with Crippen molar-refractivity contribution in [2.45, 2.75) is 32.9 Å². The number of furan rings is 1. The van der Waals surface area contributed by atoms with Crippen molar-refractivity contribution in [3.63, 3.8) is 0 Å². The molecule has 1 aliphatic rings. The molecule has 1 fully saturated rings. The number of carbonyl (C=O) groups is 1. The fraction of sp³-hybridized carbons (Fsp3) is 0.389. The summed E-state index contributed by atoms with van der Waals surface area (Å²) in [6.45, 7) is 5.83. The average Bonchev–Trinajstić information content (AvgIpc) is 3.18. The molecular formula is C18H22N2O2. The van der Waals surface area contributed by atoms with Crippen LogP contribution < -0.4 is 5.32 Å². The molecule has 0 unspecified atom stereocenters. The number of carbonyl (C=O) groups excluding carboxylic acids is 1. The van der Waals surface area contributed by atoms with Gasteiger partial charge in [0.1, 0.15) is 0 Å². The maximum atomic E-state index is 12.0. The second-order valence-corrected chi connectivity index (χ2v) is 5.92. The van der Waals surface area contributed by atoms with Gasteiger partial charge in [0.05, 0.1) is 6.26 Å². The Morgan fingerprint density at radius 2 is 1.82 bits per heavy atom. The van der Waals surface area contributed by atoms with Gasteiger partial charge in [0.2, 0.25) is 0 Å². The van der Waals surface area contributed by atoms with Crippen LogP contribution in [-0.2, 0) is 13.1 Å². The number of likely N-dealkylation sites (tertiary alicyclic amines) is 1. The van der Waals surface area contributed by atoms with Crippen LogP contribution in [0.5, 0.6) is 0 Å². The lowest BCUT2D eigenvalue weighted by molar-refractivity contribution is 0.0922. The molecule has 2 aromatic rings. The zero-order valence-corrected chi connectivity index (χ0v) is 13.0. The van der Waals surface area contributed by atoms with E-state index in [0.29, 0.717) is 12.3 Å². The summed E-state index contributed by atoms with van der Waals surface area (Å²) in [5.74, 6) is 0.231. The molecule has 2 heterocycles. The molecule has 22 heavy (non-hydrogen) atoms. The van der Waals surface area contributed by atoms with Gasteiger partial charge in [0.25, 0.3) is 5.91 Å². The molecule has 3 rings (SSSR count). The second kappa shape index (κ2) is 6.79. The molecule has 0 radical (unpaired) electrons. The van der Waals surface area contributed by atoms with Gasteiger partial charge < -0.3 is 9.73 Å². The van der Waals surface area contributed by atoms with E-state index in [4.69, 9.17) is 4.42 Å². The van der Waals surface area contributed by atoms with Crippen molar-refractivity contribution >= 4 is 5.91 Å². The molecule has 1 aromatic heterocycles. The molecule has 1 saturated heterocycles. The summed E-state index contributed by atoms with van der Waals surface area (Å²) in [7, 11) is 0. The molecule has 0 spiro atoms. The zero-order chi connectivity index (χ0) is 15.4. The highest BCUT2D eigenvalue weighted by Crippen LogP contribution is 2.13. The Bertz CT molecular complexity index is 625. The molecule has 0 aliphatic carbocycles. The smallest absolute Gasteiger partial charge is 0.287 e. The number of nitrogens with one attached hydrogen (secondary N) is 1. The minimum atomic E-state index is -0.163. The molecule has 4 heteroatoms. The van der Waals surface area contributed by atoms with E-state index in [1.165, 1.54) is 37.8 Å². The number of hydrogen-bond donors (Lipinski definition) is 1. The molecule has 116 valence electrons. The van der Waals surface area contributed by atoms with Crippen molar-refractivity contribution in [2.75, 3.05) is 13.1 Å². The standard InChI is InChI=1S/C18H22N2O2/c1-14-8-11-22-17(14)18(21)19-12-15-4-6-16(7-5-15)13-20-9-2-3-10-20/h4-8,11H,2-3,9-10,12-13H2,1H3,(H,19,21). The quantitative estimate of drug-likeness (QED) is 0.922. The van der Waals surface area contributed by atoms with Crippen molar-refractivity contribution in [1.29, 1.82) is 0 Å². The number of nitrogens with zero attached hydrogens (tertiary/aromatic N) is 1. The normalized spacial score (nSPS) is 15.1. The van der Waals surface area contributed by atoms with E-state index in [1.807, 2.05) is 6.92 Å². The molecule has 1 aromatic carbocycles. The summed E-state index contributed by atoms with van der Waals surface area (Å²) in [6.07, 6.45) is 4.17. The molecule has 0 saturated carbocycles. The Kier molecular flexibility index (Phi) is 4.59. The predicted octanol–water partition coefficient (Wildman–Crippen LogP) is 3.11. The number of benzene rings is 1. The van der Waals surface area contributed by atoms with E-state index >= 15 is 0 Å². The summed E-state index contributed by atoms with van der Waals surface area (Å²) >= 11 is 0. The van der Waals surface area contributed by atoms with E-state index in [-0.39, 0.29) is 5.91 Å². The molecule has 4 nitrogen and oxygen atoms in total.